The lowest BCUT2D eigenvalue weighted by atomic mass is 9.98. The largest absolute Gasteiger partial charge is 0.490 e. The van der Waals surface area contributed by atoms with Gasteiger partial charge >= 0.3 is 6.09 Å². The molecular weight excluding hydrogens is 396 g/mol. The standard InChI is InChI=1S/C24H30N2O5/c1-4-29-21-13-19-11-12-26(15-20(19)14-22(21)30-5-2)23(27)17(3)25-24(28)31-16-18-9-7-6-8-10-18/h6-10,13-14,17H,4-5,11-12,15-16H2,1-3H3,(H,25,28)/t17-/m0/s1. The molecule has 0 unspecified atom stereocenters. The number of benzene rings is 2. The highest BCUT2D eigenvalue weighted by Crippen LogP contribution is 2.34. The molecule has 0 aromatic heterocycles. The number of hydrogen-bond donors (Lipinski definition) is 1. The van der Waals surface area contributed by atoms with Crippen molar-refractivity contribution in [3.05, 3.63) is 59.2 Å². The maximum Gasteiger partial charge on any atom is 0.408 e. The van der Waals surface area contributed by atoms with Crippen LogP contribution in [0.3, 0.4) is 0 Å². The molecule has 0 radical (unpaired) electrons. The van der Waals surface area contributed by atoms with Crippen molar-refractivity contribution in [3.8, 4) is 11.5 Å². The second-order valence-corrected chi connectivity index (χ2v) is 7.37. The van der Waals surface area contributed by atoms with Crippen LogP contribution >= 0.6 is 0 Å². The van der Waals surface area contributed by atoms with Crippen molar-refractivity contribution < 1.29 is 23.8 Å². The zero-order valence-corrected chi connectivity index (χ0v) is 18.3. The van der Waals surface area contributed by atoms with Crippen LogP contribution in [0, 0.1) is 0 Å². The molecule has 2 aromatic carbocycles. The van der Waals surface area contributed by atoms with Crippen LogP contribution in [0.2, 0.25) is 0 Å². The molecule has 1 heterocycles. The van der Waals surface area contributed by atoms with E-state index in [1.807, 2.05) is 56.3 Å². The Hall–Kier alpha value is -3.22. The van der Waals surface area contributed by atoms with Crippen molar-refractivity contribution in [2.24, 2.45) is 0 Å². The summed E-state index contributed by atoms with van der Waals surface area (Å²) >= 11 is 0. The molecule has 0 saturated carbocycles. The van der Waals surface area contributed by atoms with Gasteiger partial charge in [0.1, 0.15) is 12.6 Å². The Morgan fingerprint density at radius 3 is 2.32 bits per heavy atom. The van der Waals surface area contributed by atoms with Crippen LogP contribution in [0.1, 0.15) is 37.5 Å². The molecule has 1 N–H and O–H groups in total. The molecule has 0 aliphatic carbocycles. The predicted molar refractivity (Wildman–Crippen MR) is 117 cm³/mol. The Balaban J connectivity index is 1.59. The Morgan fingerprint density at radius 2 is 1.68 bits per heavy atom. The van der Waals surface area contributed by atoms with Crippen LogP contribution in [0.15, 0.2) is 42.5 Å². The topological polar surface area (TPSA) is 77.1 Å². The fraction of sp³-hybridized carbons (Fsp3) is 0.417. The summed E-state index contributed by atoms with van der Waals surface area (Å²) in [7, 11) is 0. The van der Waals surface area contributed by atoms with E-state index in [1.54, 1.807) is 11.8 Å². The average molecular weight is 427 g/mol. The van der Waals surface area contributed by atoms with E-state index in [1.165, 1.54) is 0 Å². The molecule has 0 fully saturated rings. The molecule has 0 saturated heterocycles. The molecule has 0 bridgehead atoms. The number of rotatable bonds is 8. The highest BCUT2D eigenvalue weighted by atomic mass is 16.5. The lowest BCUT2D eigenvalue weighted by Gasteiger charge is -2.31. The fourth-order valence-corrected chi connectivity index (χ4v) is 3.57. The van der Waals surface area contributed by atoms with E-state index < -0.39 is 12.1 Å². The molecule has 1 aliphatic heterocycles. The molecule has 7 heteroatoms. The summed E-state index contributed by atoms with van der Waals surface area (Å²) in [6.45, 7) is 7.84. The first-order valence-corrected chi connectivity index (χ1v) is 10.7. The minimum atomic E-state index is -0.682. The number of fused-ring (bicyclic) bond motifs is 1. The van der Waals surface area contributed by atoms with Gasteiger partial charge < -0.3 is 24.4 Å². The number of nitrogens with one attached hydrogen (secondary N) is 1. The van der Waals surface area contributed by atoms with E-state index in [2.05, 4.69) is 5.32 Å². The van der Waals surface area contributed by atoms with Crippen molar-refractivity contribution in [2.75, 3.05) is 19.8 Å². The molecule has 31 heavy (non-hydrogen) atoms. The van der Waals surface area contributed by atoms with E-state index in [9.17, 15) is 9.59 Å². The van der Waals surface area contributed by atoms with Gasteiger partial charge in [-0.05, 0) is 56.0 Å². The normalized spacial score (nSPS) is 13.7. The van der Waals surface area contributed by atoms with Crippen molar-refractivity contribution in [2.45, 2.75) is 46.4 Å². The predicted octanol–water partition coefficient (Wildman–Crippen LogP) is 3.68. The van der Waals surface area contributed by atoms with Gasteiger partial charge in [-0.2, -0.15) is 0 Å². The smallest absolute Gasteiger partial charge is 0.408 e. The summed E-state index contributed by atoms with van der Waals surface area (Å²) in [6, 6.07) is 12.7. The van der Waals surface area contributed by atoms with Gasteiger partial charge in [-0.15, -0.1) is 0 Å². The highest BCUT2D eigenvalue weighted by molar-refractivity contribution is 5.85. The van der Waals surface area contributed by atoms with Crippen LogP contribution in [0.25, 0.3) is 0 Å². The summed E-state index contributed by atoms with van der Waals surface area (Å²) in [5.74, 6) is 1.28. The molecular formula is C24H30N2O5. The third-order valence-electron chi connectivity index (χ3n) is 5.11. The number of alkyl carbamates (subject to hydrolysis) is 1. The summed E-state index contributed by atoms with van der Waals surface area (Å²) in [6.07, 6.45) is 0.112. The van der Waals surface area contributed by atoms with Crippen molar-refractivity contribution in [1.29, 1.82) is 0 Å². The minimum absolute atomic E-state index is 0.144. The van der Waals surface area contributed by atoms with Gasteiger partial charge in [0.05, 0.1) is 13.2 Å². The van der Waals surface area contributed by atoms with E-state index in [4.69, 9.17) is 14.2 Å². The van der Waals surface area contributed by atoms with E-state index in [0.29, 0.717) is 32.1 Å². The Labute approximate surface area is 183 Å². The molecule has 1 atom stereocenters. The molecule has 2 aromatic rings. The zero-order chi connectivity index (χ0) is 22.2. The first-order chi connectivity index (χ1) is 15.0. The molecule has 3 rings (SSSR count). The number of ether oxygens (including phenoxy) is 3. The Bertz CT molecular complexity index is 900. The lowest BCUT2D eigenvalue weighted by molar-refractivity contribution is -0.133. The third-order valence-corrected chi connectivity index (χ3v) is 5.11. The molecule has 7 nitrogen and oxygen atoms in total. The van der Waals surface area contributed by atoms with Gasteiger partial charge in [0.2, 0.25) is 5.91 Å². The second-order valence-electron chi connectivity index (χ2n) is 7.37. The van der Waals surface area contributed by atoms with Gasteiger partial charge in [-0.1, -0.05) is 30.3 Å². The summed E-state index contributed by atoms with van der Waals surface area (Å²) < 4.78 is 16.6. The zero-order valence-electron chi connectivity index (χ0n) is 18.3. The number of carbonyl (C=O) groups excluding carboxylic acids is 2. The number of amides is 2. The second kappa shape index (κ2) is 10.7. The molecule has 2 amide bonds. The van der Waals surface area contributed by atoms with Crippen LogP contribution < -0.4 is 14.8 Å². The highest BCUT2D eigenvalue weighted by Gasteiger charge is 2.27. The summed E-state index contributed by atoms with van der Waals surface area (Å²) in [5.41, 5.74) is 3.07. The maximum absolute atomic E-state index is 12.9. The Kier molecular flexibility index (Phi) is 7.76. The van der Waals surface area contributed by atoms with Gasteiger partial charge in [0.25, 0.3) is 0 Å². The first-order valence-electron chi connectivity index (χ1n) is 10.7. The first kappa shape index (κ1) is 22.5. The molecule has 166 valence electrons. The number of hydrogen-bond acceptors (Lipinski definition) is 5. The monoisotopic (exact) mass is 426 g/mol. The van der Waals surface area contributed by atoms with Gasteiger partial charge in [0.15, 0.2) is 11.5 Å². The van der Waals surface area contributed by atoms with Crippen molar-refractivity contribution in [1.82, 2.24) is 10.2 Å². The maximum atomic E-state index is 12.9. The Morgan fingerprint density at radius 1 is 1.03 bits per heavy atom. The number of nitrogens with zero attached hydrogens (tertiary/aromatic N) is 1. The van der Waals surface area contributed by atoms with E-state index in [-0.39, 0.29) is 12.5 Å². The fourth-order valence-electron chi connectivity index (χ4n) is 3.57. The summed E-state index contributed by atoms with van der Waals surface area (Å²) in [4.78, 5) is 26.7. The number of carbonyl (C=O) groups is 2. The van der Waals surface area contributed by atoms with Crippen molar-refractivity contribution >= 4 is 12.0 Å². The van der Waals surface area contributed by atoms with Crippen molar-refractivity contribution in [3.63, 3.8) is 0 Å². The van der Waals surface area contributed by atoms with Gasteiger partial charge in [0, 0.05) is 13.1 Å². The van der Waals surface area contributed by atoms with Crippen LogP contribution in [0.5, 0.6) is 11.5 Å². The van der Waals surface area contributed by atoms with E-state index >= 15 is 0 Å². The SMILES string of the molecule is CCOc1cc2c(cc1OCC)CN(C(=O)[C@H](C)NC(=O)OCc1ccccc1)CC2. The minimum Gasteiger partial charge on any atom is -0.490 e. The molecule has 1 aliphatic rings. The van der Waals surface area contributed by atoms with Crippen LogP contribution in [0.4, 0.5) is 4.79 Å². The average Bonchev–Trinajstić information content (AvgIpc) is 2.78. The molecule has 0 spiro atoms. The van der Waals surface area contributed by atoms with Crippen LogP contribution in [-0.2, 0) is 29.1 Å². The van der Waals surface area contributed by atoms with Crippen LogP contribution in [-0.4, -0.2) is 42.7 Å². The third kappa shape index (κ3) is 5.90. The lowest BCUT2D eigenvalue weighted by Crippen LogP contribution is -2.48. The van der Waals surface area contributed by atoms with Gasteiger partial charge in [-0.3, -0.25) is 4.79 Å². The van der Waals surface area contributed by atoms with E-state index in [0.717, 1.165) is 28.9 Å². The van der Waals surface area contributed by atoms with Gasteiger partial charge in [-0.25, -0.2) is 4.79 Å². The summed E-state index contributed by atoms with van der Waals surface area (Å²) in [5, 5.41) is 2.63. The quantitative estimate of drug-likeness (QED) is 0.697.